The quantitative estimate of drug-likeness (QED) is 0.255. The Hall–Kier alpha value is -3.26. The van der Waals surface area contributed by atoms with Crippen molar-refractivity contribution in [1.82, 2.24) is 15.1 Å². The van der Waals surface area contributed by atoms with Crippen molar-refractivity contribution in [1.29, 1.82) is 0 Å². The predicted molar refractivity (Wildman–Crippen MR) is 132 cm³/mol. The topological polar surface area (TPSA) is 142 Å². The van der Waals surface area contributed by atoms with Gasteiger partial charge in [0.05, 0.1) is 17.6 Å². The zero-order valence-corrected chi connectivity index (χ0v) is 21.3. The van der Waals surface area contributed by atoms with Gasteiger partial charge in [-0.2, -0.15) is 18.3 Å². The summed E-state index contributed by atoms with van der Waals surface area (Å²) in [5.41, 5.74) is -4.84. The smallest absolute Gasteiger partial charge is 0.446 e. The second kappa shape index (κ2) is 12.1. The minimum absolute atomic E-state index is 0.156. The first-order chi connectivity index (χ1) is 17.7. The summed E-state index contributed by atoms with van der Waals surface area (Å²) in [7, 11) is 0. The molecule has 0 spiro atoms. The minimum atomic E-state index is -4.60. The summed E-state index contributed by atoms with van der Waals surface area (Å²) in [6.45, 7) is -0.321. The number of aromatic carboxylic acids is 1. The standard InChI is InChI=1S/C23H18Cl2F3N3O6S/c24-13-4-2-1-3-12(13)8-15(19(32)22(36)37)29-20(33)16-9-17(21(34)35)31(30-16)10-11-5-6-14(25)18(7-11)38-23(26,27)28/h1-7,9,15,19,32H,8,10H2,(H,29,33)(H,34,35)(H,36,37)/t15-,19-/m1/s1. The van der Waals surface area contributed by atoms with E-state index in [-0.39, 0.29) is 33.5 Å². The van der Waals surface area contributed by atoms with Gasteiger partial charge in [-0.05, 0) is 47.5 Å². The van der Waals surface area contributed by atoms with Gasteiger partial charge in [0.1, 0.15) is 5.69 Å². The first-order valence-electron chi connectivity index (χ1n) is 10.6. The highest BCUT2D eigenvalue weighted by molar-refractivity contribution is 8.00. The van der Waals surface area contributed by atoms with E-state index in [1.165, 1.54) is 12.1 Å². The Morgan fingerprint density at radius 2 is 1.74 bits per heavy atom. The van der Waals surface area contributed by atoms with Crippen LogP contribution in [0.3, 0.4) is 0 Å². The molecule has 1 heterocycles. The molecule has 0 fully saturated rings. The fraction of sp³-hybridized carbons (Fsp3) is 0.217. The van der Waals surface area contributed by atoms with Crippen LogP contribution in [0, 0.1) is 0 Å². The van der Waals surface area contributed by atoms with Crippen molar-refractivity contribution in [2.75, 3.05) is 0 Å². The van der Waals surface area contributed by atoms with Gasteiger partial charge in [0.2, 0.25) is 0 Å². The van der Waals surface area contributed by atoms with E-state index in [4.69, 9.17) is 23.2 Å². The molecule has 0 aliphatic carbocycles. The third kappa shape index (κ3) is 7.63. The van der Waals surface area contributed by atoms with Crippen LogP contribution < -0.4 is 5.32 Å². The average molecular weight is 592 g/mol. The molecule has 2 aromatic carbocycles. The summed E-state index contributed by atoms with van der Waals surface area (Å²) in [6, 6.07) is 9.64. The monoisotopic (exact) mass is 591 g/mol. The molecule has 15 heteroatoms. The molecule has 0 saturated heterocycles. The number of amides is 1. The van der Waals surface area contributed by atoms with Gasteiger partial charge < -0.3 is 20.6 Å². The summed E-state index contributed by atoms with van der Waals surface area (Å²) in [5.74, 6) is -4.09. The molecule has 4 N–H and O–H groups in total. The lowest BCUT2D eigenvalue weighted by Crippen LogP contribution is -2.48. The van der Waals surface area contributed by atoms with Gasteiger partial charge in [-0.1, -0.05) is 47.5 Å². The SMILES string of the molecule is O=C(N[C@H](Cc1ccccc1Cl)[C@@H](O)C(=O)O)c1cc(C(=O)O)n(Cc2ccc(Cl)c(SC(F)(F)F)c2)n1. The third-order valence-corrected chi connectivity index (χ3v) is 6.73. The van der Waals surface area contributed by atoms with Gasteiger partial charge >= 0.3 is 17.4 Å². The molecule has 0 radical (unpaired) electrons. The van der Waals surface area contributed by atoms with Crippen LogP contribution in [0.5, 0.6) is 0 Å². The number of aliphatic hydroxyl groups excluding tert-OH is 1. The Balaban J connectivity index is 1.87. The van der Waals surface area contributed by atoms with E-state index in [2.05, 4.69) is 10.4 Å². The first-order valence-corrected chi connectivity index (χ1v) is 12.1. The molecule has 2 atom stereocenters. The van der Waals surface area contributed by atoms with Crippen LogP contribution in [0.1, 0.15) is 32.1 Å². The largest absolute Gasteiger partial charge is 0.479 e. The highest BCUT2D eigenvalue weighted by atomic mass is 35.5. The van der Waals surface area contributed by atoms with Crippen LogP contribution in [0.4, 0.5) is 13.2 Å². The van der Waals surface area contributed by atoms with E-state index >= 15 is 0 Å². The number of hydrogen-bond donors (Lipinski definition) is 4. The molecule has 1 amide bonds. The normalized spacial score (nSPS) is 13.1. The van der Waals surface area contributed by atoms with E-state index in [9.17, 15) is 42.9 Å². The van der Waals surface area contributed by atoms with Crippen molar-refractivity contribution in [3.8, 4) is 0 Å². The summed E-state index contributed by atoms with van der Waals surface area (Å²) >= 11 is 11.5. The zero-order chi connectivity index (χ0) is 28.2. The van der Waals surface area contributed by atoms with Crippen molar-refractivity contribution in [2.24, 2.45) is 0 Å². The number of nitrogens with zero attached hydrogens (tertiary/aromatic N) is 2. The number of alkyl halides is 3. The van der Waals surface area contributed by atoms with Crippen LogP contribution >= 0.6 is 35.0 Å². The minimum Gasteiger partial charge on any atom is -0.479 e. The second-order valence-electron chi connectivity index (χ2n) is 7.85. The van der Waals surface area contributed by atoms with Gasteiger partial charge in [0, 0.05) is 16.0 Å². The number of benzene rings is 2. The van der Waals surface area contributed by atoms with E-state index in [1.807, 2.05) is 0 Å². The summed E-state index contributed by atoms with van der Waals surface area (Å²) in [5, 5.41) is 35.4. The fourth-order valence-corrected chi connectivity index (χ4v) is 4.47. The summed E-state index contributed by atoms with van der Waals surface area (Å²) in [4.78, 5) is 35.8. The maximum Gasteiger partial charge on any atom is 0.446 e. The number of rotatable bonds is 10. The molecule has 202 valence electrons. The number of nitrogens with one attached hydrogen (secondary N) is 1. The number of aliphatic hydroxyl groups is 1. The lowest BCUT2D eigenvalue weighted by Gasteiger charge is -2.21. The van der Waals surface area contributed by atoms with Gasteiger partial charge in [-0.3, -0.25) is 9.48 Å². The molecule has 0 aliphatic rings. The molecule has 0 saturated carbocycles. The number of hydrogen-bond acceptors (Lipinski definition) is 6. The van der Waals surface area contributed by atoms with Gasteiger partial charge in [0.15, 0.2) is 11.8 Å². The van der Waals surface area contributed by atoms with Crippen molar-refractivity contribution < 1.29 is 42.9 Å². The highest BCUT2D eigenvalue weighted by Crippen LogP contribution is 2.40. The van der Waals surface area contributed by atoms with E-state index in [0.29, 0.717) is 5.56 Å². The lowest BCUT2D eigenvalue weighted by molar-refractivity contribution is -0.148. The summed E-state index contributed by atoms with van der Waals surface area (Å²) in [6.07, 6.45) is -2.20. The van der Waals surface area contributed by atoms with E-state index < -0.39 is 58.6 Å². The molecule has 3 rings (SSSR count). The van der Waals surface area contributed by atoms with Crippen LogP contribution in [0.15, 0.2) is 53.4 Å². The summed E-state index contributed by atoms with van der Waals surface area (Å²) < 4.78 is 39.3. The number of carboxylic acids is 2. The Morgan fingerprint density at radius 1 is 1.05 bits per heavy atom. The highest BCUT2D eigenvalue weighted by Gasteiger charge is 2.31. The van der Waals surface area contributed by atoms with Crippen LogP contribution in [0.2, 0.25) is 10.0 Å². The molecule has 9 nitrogen and oxygen atoms in total. The number of carboxylic acid groups (broad SMARTS) is 2. The molecule has 3 aromatic rings. The van der Waals surface area contributed by atoms with Crippen molar-refractivity contribution in [3.05, 3.63) is 81.1 Å². The van der Waals surface area contributed by atoms with Crippen molar-refractivity contribution in [2.45, 2.75) is 35.5 Å². The molecule has 0 bridgehead atoms. The Labute approximate surface area is 227 Å². The molecule has 0 aliphatic heterocycles. The maximum atomic E-state index is 12.9. The third-order valence-electron chi connectivity index (χ3n) is 5.13. The van der Waals surface area contributed by atoms with Crippen LogP contribution in [-0.2, 0) is 17.8 Å². The molecule has 0 unspecified atom stereocenters. The molecular formula is C23H18Cl2F3N3O6S. The van der Waals surface area contributed by atoms with Gasteiger partial charge in [-0.15, -0.1) is 0 Å². The Kier molecular flexibility index (Phi) is 9.31. The van der Waals surface area contributed by atoms with Crippen LogP contribution in [-0.4, -0.2) is 60.6 Å². The second-order valence-corrected chi connectivity index (χ2v) is 9.77. The van der Waals surface area contributed by atoms with Crippen molar-refractivity contribution in [3.63, 3.8) is 0 Å². The number of halogens is 5. The number of aliphatic carboxylic acids is 1. The van der Waals surface area contributed by atoms with E-state index in [1.54, 1.807) is 24.3 Å². The number of carbonyl (C=O) groups is 3. The Morgan fingerprint density at radius 3 is 2.34 bits per heavy atom. The predicted octanol–water partition coefficient (Wildman–Crippen LogP) is 4.33. The maximum absolute atomic E-state index is 12.9. The molecule has 38 heavy (non-hydrogen) atoms. The van der Waals surface area contributed by atoms with Crippen molar-refractivity contribution >= 4 is 52.8 Å². The molecular weight excluding hydrogens is 574 g/mol. The number of aromatic nitrogens is 2. The van der Waals surface area contributed by atoms with E-state index in [0.717, 1.165) is 16.8 Å². The zero-order valence-electron chi connectivity index (χ0n) is 18.9. The van der Waals surface area contributed by atoms with Gasteiger partial charge in [0.25, 0.3) is 5.91 Å². The Bertz CT molecular complexity index is 1370. The number of carbonyl (C=O) groups excluding carboxylic acids is 1. The number of thioether (sulfide) groups is 1. The fourth-order valence-electron chi connectivity index (χ4n) is 3.40. The van der Waals surface area contributed by atoms with Crippen LogP contribution in [0.25, 0.3) is 0 Å². The average Bonchev–Trinajstić information content (AvgIpc) is 3.25. The molecule has 1 aromatic heterocycles. The first kappa shape index (κ1) is 29.3. The lowest BCUT2D eigenvalue weighted by atomic mass is 10.0. The van der Waals surface area contributed by atoms with Gasteiger partial charge in [-0.25, -0.2) is 9.59 Å².